The van der Waals surface area contributed by atoms with Crippen LogP contribution in [-0.4, -0.2) is 19.9 Å². The van der Waals surface area contributed by atoms with Crippen LogP contribution in [0.2, 0.25) is 0 Å². The van der Waals surface area contributed by atoms with Gasteiger partial charge in [0.2, 0.25) is 0 Å². The molecule has 0 aliphatic heterocycles. The maximum Gasteiger partial charge on any atom is 0.188 e. The molecule has 3 rings (SSSR count). The summed E-state index contributed by atoms with van der Waals surface area (Å²) in [5.41, 5.74) is 9.35. The fraction of sp³-hybridized carbons (Fsp3) is 0.364. The first-order valence-corrected chi connectivity index (χ1v) is 11.3. The highest BCUT2D eigenvalue weighted by Gasteiger charge is 2.09. The zero-order chi connectivity index (χ0) is 20.3. The number of rotatable bonds is 6. The van der Waals surface area contributed by atoms with Crippen molar-refractivity contribution in [2.24, 2.45) is 0 Å². The van der Waals surface area contributed by atoms with Crippen LogP contribution in [0.3, 0.4) is 0 Å². The Hall–Kier alpha value is -1.92. The van der Waals surface area contributed by atoms with Gasteiger partial charge in [0.25, 0.3) is 0 Å². The minimum absolute atomic E-state index is 0.848. The Kier molecular flexibility index (Phi) is 6.73. The minimum Gasteiger partial charge on any atom is -0.228 e. The topological polar surface area (TPSA) is 51.6 Å². The lowest BCUT2D eigenvalue weighted by Gasteiger charge is -2.12. The first kappa shape index (κ1) is 20.8. The highest BCUT2D eigenvalue weighted by atomic mass is 32.2. The highest BCUT2D eigenvalue weighted by molar-refractivity contribution is 7.98. The average Bonchev–Trinajstić information content (AvgIpc) is 2.59. The molecule has 2 heterocycles. The van der Waals surface area contributed by atoms with Crippen LogP contribution in [0.4, 0.5) is 0 Å². The molecule has 146 valence electrons. The second-order valence-corrected chi connectivity index (χ2v) is 9.03. The molecule has 2 aromatic heterocycles. The Balaban J connectivity index is 1.69. The highest BCUT2D eigenvalue weighted by Crippen LogP contribution is 2.27. The standard InChI is InChI=1S/C22H26N4S2/c1-13-7-20(12-28-22-25-17(5)10-18(6)26-22)14(2)8-19(13)11-27-21-23-15(3)9-16(4)24-21/h7-10H,11-12H2,1-6H3. The Morgan fingerprint density at radius 3 is 1.18 bits per heavy atom. The Bertz CT molecular complexity index is 880. The molecule has 0 spiro atoms. The van der Waals surface area contributed by atoms with E-state index in [0.717, 1.165) is 44.6 Å². The third kappa shape index (κ3) is 5.55. The van der Waals surface area contributed by atoms with Gasteiger partial charge in [-0.15, -0.1) is 0 Å². The van der Waals surface area contributed by atoms with Gasteiger partial charge < -0.3 is 0 Å². The van der Waals surface area contributed by atoms with Crippen LogP contribution >= 0.6 is 23.5 Å². The third-order valence-electron chi connectivity index (χ3n) is 4.43. The molecule has 0 radical (unpaired) electrons. The first-order chi connectivity index (χ1) is 13.3. The minimum atomic E-state index is 0.848. The van der Waals surface area contributed by atoms with E-state index in [2.05, 4.69) is 45.9 Å². The quantitative estimate of drug-likeness (QED) is 0.384. The van der Waals surface area contributed by atoms with Crippen LogP contribution < -0.4 is 0 Å². The van der Waals surface area contributed by atoms with E-state index in [1.54, 1.807) is 23.5 Å². The number of benzene rings is 1. The van der Waals surface area contributed by atoms with Crippen LogP contribution in [-0.2, 0) is 11.5 Å². The number of aromatic nitrogens is 4. The fourth-order valence-electron chi connectivity index (χ4n) is 3.05. The normalized spacial score (nSPS) is 11.1. The van der Waals surface area contributed by atoms with E-state index in [1.807, 2.05) is 39.8 Å². The lowest BCUT2D eigenvalue weighted by Crippen LogP contribution is -1.97. The van der Waals surface area contributed by atoms with Crippen molar-refractivity contribution in [2.75, 3.05) is 0 Å². The zero-order valence-electron chi connectivity index (χ0n) is 17.3. The lowest BCUT2D eigenvalue weighted by atomic mass is 10.0. The monoisotopic (exact) mass is 410 g/mol. The van der Waals surface area contributed by atoms with E-state index in [-0.39, 0.29) is 0 Å². The number of thioether (sulfide) groups is 2. The molecule has 0 saturated heterocycles. The van der Waals surface area contributed by atoms with Gasteiger partial charge in [-0.1, -0.05) is 35.7 Å². The van der Waals surface area contributed by atoms with Crippen molar-refractivity contribution >= 4 is 23.5 Å². The van der Waals surface area contributed by atoms with Crippen LogP contribution in [0.15, 0.2) is 34.6 Å². The number of hydrogen-bond donors (Lipinski definition) is 0. The van der Waals surface area contributed by atoms with Crippen molar-refractivity contribution in [3.8, 4) is 0 Å². The van der Waals surface area contributed by atoms with Crippen LogP contribution in [0.1, 0.15) is 45.0 Å². The summed E-state index contributed by atoms with van der Waals surface area (Å²) >= 11 is 3.39. The molecule has 0 aliphatic carbocycles. The van der Waals surface area contributed by atoms with Crippen molar-refractivity contribution in [3.05, 3.63) is 69.3 Å². The summed E-state index contributed by atoms with van der Waals surface area (Å²) in [5.74, 6) is 1.76. The summed E-state index contributed by atoms with van der Waals surface area (Å²) < 4.78 is 0. The summed E-state index contributed by atoms with van der Waals surface area (Å²) in [6, 6.07) is 8.60. The van der Waals surface area contributed by atoms with Crippen molar-refractivity contribution in [3.63, 3.8) is 0 Å². The van der Waals surface area contributed by atoms with E-state index >= 15 is 0 Å². The summed E-state index contributed by atoms with van der Waals surface area (Å²) in [4.78, 5) is 18.1. The Labute approximate surface area is 176 Å². The SMILES string of the molecule is Cc1cc(C)nc(SCc2cc(C)c(CSc3nc(C)cc(C)n3)cc2C)n1. The summed E-state index contributed by atoms with van der Waals surface area (Å²) in [6.07, 6.45) is 0. The molecule has 0 saturated carbocycles. The Morgan fingerprint density at radius 1 is 0.536 bits per heavy atom. The molecule has 4 nitrogen and oxygen atoms in total. The Morgan fingerprint density at radius 2 is 0.857 bits per heavy atom. The van der Waals surface area contributed by atoms with Gasteiger partial charge in [0.1, 0.15) is 0 Å². The number of hydrogen-bond acceptors (Lipinski definition) is 6. The number of aryl methyl sites for hydroxylation is 6. The molecule has 1 aromatic carbocycles. The molecule has 6 heteroatoms. The molecule has 0 aliphatic rings. The van der Waals surface area contributed by atoms with Gasteiger partial charge in [-0.25, -0.2) is 19.9 Å². The van der Waals surface area contributed by atoms with Gasteiger partial charge in [0.05, 0.1) is 0 Å². The van der Waals surface area contributed by atoms with Crippen molar-refractivity contribution in [1.29, 1.82) is 0 Å². The van der Waals surface area contributed by atoms with E-state index in [1.165, 1.54) is 22.3 Å². The molecule has 0 N–H and O–H groups in total. The maximum absolute atomic E-state index is 4.53. The van der Waals surface area contributed by atoms with Crippen molar-refractivity contribution in [2.45, 2.75) is 63.4 Å². The summed E-state index contributed by atoms with van der Waals surface area (Å²) in [5, 5.41) is 1.70. The molecular formula is C22H26N4S2. The fourth-order valence-corrected chi connectivity index (χ4v) is 5.07. The van der Waals surface area contributed by atoms with Crippen LogP contribution in [0.5, 0.6) is 0 Å². The van der Waals surface area contributed by atoms with Gasteiger partial charge >= 0.3 is 0 Å². The van der Waals surface area contributed by atoms with Gasteiger partial charge in [-0.05, 0) is 75.9 Å². The predicted molar refractivity (Wildman–Crippen MR) is 118 cm³/mol. The first-order valence-electron chi connectivity index (χ1n) is 9.29. The second-order valence-electron chi connectivity index (χ2n) is 7.15. The average molecular weight is 411 g/mol. The van der Waals surface area contributed by atoms with E-state index < -0.39 is 0 Å². The smallest absolute Gasteiger partial charge is 0.188 e. The van der Waals surface area contributed by atoms with E-state index in [9.17, 15) is 0 Å². The molecule has 28 heavy (non-hydrogen) atoms. The van der Waals surface area contributed by atoms with Crippen LogP contribution in [0, 0.1) is 41.5 Å². The van der Waals surface area contributed by atoms with Gasteiger partial charge in [-0.2, -0.15) is 0 Å². The summed E-state index contributed by atoms with van der Waals surface area (Å²) in [7, 11) is 0. The maximum atomic E-state index is 4.53. The van der Waals surface area contributed by atoms with E-state index in [0.29, 0.717) is 0 Å². The molecule has 0 fully saturated rings. The van der Waals surface area contributed by atoms with Gasteiger partial charge in [-0.3, -0.25) is 0 Å². The van der Waals surface area contributed by atoms with Crippen molar-refractivity contribution in [1.82, 2.24) is 19.9 Å². The van der Waals surface area contributed by atoms with Crippen LogP contribution in [0.25, 0.3) is 0 Å². The molecule has 0 unspecified atom stereocenters. The molecule has 3 aromatic rings. The van der Waals surface area contributed by atoms with Crippen molar-refractivity contribution < 1.29 is 0 Å². The third-order valence-corrected chi connectivity index (χ3v) is 6.22. The van der Waals surface area contributed by atoms with E-state index in [4.69, 9.17) is 0 Å². The largest absolute Gasteiger partial charge is 0.228 e. The predicted octanol–water partition coefficient (Wildman–Crippen LogP) is 5.70. The lowest BCUT2D eigenvalue weighted by molar-refractivity contribution is 0.901. The van der Waals surface area contributed by atoms with Gasteiger partial charge in [0.15, 0.2) is 10.3 Å². The number of nitrogens with zero attached hydrogens (tertiary/aromatic N) is 4. The second kappa shape index (κ2) is 9.05. The molecule has 0 amide bonds. The summed E-state index contributed by atoms with van der Waals surface area (Å²) in [6.45, 7) is 12.4. The van der Waals surface area contributed by atoms with Gasteiger partial charge in [0, 0.05) is 34.3 Å². The molecule has 0 atom stereocenters. The zero-order valence-corrected chi connectivity index (χ0v) is 19.0. The molecule has 0 bridgehead atoms. The molecular weight excluding hydrogens is 384 g/mol.